The van der Waals surface area contributed by atoms with Gasteiger partial charge in [0, 0.05) is 16.9 Å². The number of thiazole rings is 1. The molecule has 1 aromatic rings. The van der Waals surface area contributed by atoms with E-state index in [2.05, 4.69) is 4.98 Å². The van der Waals surface area contributed by atoms with Gasteiger partial charge in [0.15, 0.2) is 0 Å². The molecule has 5 nitrogen and oxygen atoms in total. The Bertz CT molecular complexity index is 328. The van der Waals surface area contributed by atoms with E-state index in [1.54, 1.807) is 5.38 Å². The van der Waals surface area contributed by atoms with E-state index < -0.39 is 12.1 Å². The van der Waals surface area contributed by atoms with Crippen LogP contribution >= 0.6 is 23.1 Å². The topological polar surface area (TPSA) is 90.7 Å². The van der Waals surface area contributed by atoms with E-state index in [-0.39, 0.29) is 11.6 Å². The minimum Gasteiger partial charge on any atom is -0.476 e. The molecule has 0 amide bonds. The second-order valence-corrected chi connectivity index (χ2v) is 4.69. The summed E-state index contributed by atoms with van der Waals surface area (Å²) in [6.45, 7) is -0.259. The fourth-order valence-corrected chi connectivity index (χ4v) is 2.44. The monoisotopic (exact) mass is 249 g/mol. The molecule has 15 heavy (non-hydrogen) atoms. The third-order valence-electron chi connectivity index (χ3n) is 1.51. The Balaban J connectivity index is 2.35. The zero-order valence-corrected chi connectivity index (χ0v) is 9.42. The highest BCUT2D eigenvalue weighted by Gasteiger charge is 2.09. The molecule has 1 heterocycles. The van der Waals surface area contributed by atoms with Gasteiger partial charge in [-0.25, -0.2) is 9.78 Å². The van der Waals surface area contributed by atoms with Gasteiger partial charge in [0.05, 0.1) is 18.4 Å². The van der Waals surface area contributed by atoms with Crippen LogP contribution in [-0.2, 0) is 5.75 Å². The Morgan fingerprint density at radius 3 is 2.93 bits per heavy atom. The molecule has 1 rings (SSSR count). The van der Waals surface area contributed by atoms with Crippen molar-refractivity contribution in [3.63, 3.8) is 0 Å². The van der Waals surface area contributed by atoms with Crippen molar-refractivity contribution in [3.8, 4) is 0 Å². The first-order valence-electron chi connectivity index (χ1n) is 4.18. The number of nitrogens with zero attached hydrogens (tertiary/aromatic N) is 1. The highest BCUT2D eigenvalue weighted by Crippen LogP contribution is 2.16. The van der Waals surface area contributed by atoms with Crippen LogP contribution in [0, 0.1) is 0 Å². The number of hydrogen-bond acceptors (Lipinski definition) is 6. The van der Waals surface area contributed by atoms with Gasteiger partial charge < -0.3 is 15.3 Å². The first-order chi connectivity index (χ1) is 7.13. The predicted octanol–water partition coefficient (Wildman–Crippen LogP) is 0.428. The van der Waals surface area contributed by atoms with Crippen LogP contribution in [0.4, 0.5) is 0 Å². The normalized spacial score (nSPS) is 12.7. The molecule has 1 aromatic heterocycles. The lowest BCUT2D eigenvalue weighted by Gasteiger charge is -2.04. The third-order valence-corrected chi connectivity index (χ3v) is 3.51. The standard InChI is InChI=1S/C8H11NO4S2/c10-1-6(11)4-14-2-5-3-15-7(9-5)8(12)13/h3,6,10-11H,1-2,4H2,(H,12,13). The van der Waals surface area contributed by atoms with E-state index in [1.165, 1.54) is 11.8 Å². The van der Waals surface area contributed by atoms with Gasteiger partial charge in [-0.2, -0.15) is 11.8 Å². The number of carbonyl (C=O) groups is 1. The first kappa shape index (κ1) is 12.4. The van der Waals surface area contributed by atoms with Crippen molar-refractivity contribution in [2.24, 2.45) is 0 Å². The van der Waals surface area contributed by atoms with Crippen molar-refractivity contribution in [3.05, 3.63) is 16.1 Å². The molecule has 0 fully saturated rings. The summed E-state index contributed by atoms with van der Waals surface area (Å²) in [7, 11) is 0. The van der Waals surface area contributed by atoms with Crippen molar-refractivity contribution in [2.45, 2.75) is 11.9 Å². The Labute approximate surface area is 94.8 Å². The summed E-state index contributed by atoms with van der Waals surface area (Å²) in [6.07, 6.45) is -0.729. The van der Waals surface area contributed by atoms with Gasteiger partial charge in [0.1, 0.15) is 0 Å². The maximum atomic E-state index is 10.5. The molecule has 0 aliphatic carbocycles. The summed E-state index contributed by atoms with van der Waals surface area (Å²) in [5.41, 5.74) is 0.688. The van der Waals surface area contributed by atoms with E-state index in [9.17, 15) is 4.79 Å². The molecule has 0 saturated carbocycles. The Morgan fingerprint density at radius 1 is 1.67 bits per heavy atom. The average Bonchev–Trinajstić information content (AvgIpc) is 2.66. The molecule has 0 bridgehead atoms. The van der Waals surface area contributed by atoms with Crippen molar-refractivity contribution >= 4 is 29.1 Å². The van der Waals surface area contributed by atoms with E-state index in [4.69, 9.17) is 15.3 Å². The zero-order chi connectivity index (χ0) is 11.3. The largest absolute Gasteiger partial charge is 0.476 e. The van der Waals surface area contributed by atoms with Crippen molar-refractivity contribution in [1.82, 2.24) is 4.98 Å². The maximum absolute atomic E-state index is 10.5. The SMILES string of the molecule is O=C(O)c1nc(CSCC(O)CO)cs1. The molecule has 1 atom stereocenters. The summed E-state index contributed by atoms with van der Waals surface area (Å²) in [5.74, 6) is -0.0660. The molecule has 0 radical (unpaired) electrons. The van der Waals surface area contributed by atoms with Crippen LogP contribution in [0.25, 0.3) is 0 Å². The summed E-state index contributed by atoms with van der Waals surface area (Å²) in [4.78, 5) is 14.4. The summed E-state index contributed by atoms with van der Waals surface area (Å²) < 4.78 is 0. The maximum Gasteiger partial charge on any atom is 0.365 e. The highest BCUT2D eigenvalue weighted by atomic mass is 32.2. The molecule has 0 aromatic carbocycles. The first-order valence-corrected chi connectivity index (χ1v) is 6.21. The van der Waals surface area contributed by atoms with Crippen LogP contribution in [0.2, 0.25) is 0 Å². The second kappa shape index (κ2) is 6.06. The van der Waals surface area contributed by atoms with Crippen LogP contribution in [0.3, 0.4) is 0 Å². The Kier molecular flexibility index (Phi) is 5.03. The summed E-state index contributed by atoms with van der Waals surface area (Å²) in [6, 6.07) is 0. The van der Waals surface area contributed by atoms with Gasteiger partial charge in [-0.1, -0.05) is 0 Å². The molecule has 7 heteroatoms. The van der Waals surface area contributed by atoms with Crippen molar-refractivity contribution < 1.29 is 20.1 Å². The number of aliphatic hydroxyl groups excluding tert-OH is 2. The van der Waals surface area contributed by atoms with Crippen LogP contribution in [-0.4, -0.2) is 44.7 Å². The molecule has 3 N–H and O–H groups in total. The van der Waals surface area contributed by atoms with E-state index in [1.807, 2.05) is 0 Å². The lowest BCUT2D eigenvalue weighted by molar-refractivity contribution is 0.0696. The van der Waals surface area contributed by atoms with Gasteiger partial charge in [0.2, 0.25) is 5.01 Å². The smallest absolute Gasteiger partial charge is 0.365 e. The van der Waals surface area contributed by atoms with Gasteiger partial charge in [-0.05, 0) is 0 Å². The predicted molar refractivity (Wildman–Crippen MR) is 58.3 cm³/mol. The van der Waals surface area contributed by atoms with E-state index in [0.717, 1.165) is 11.3 Å². The molecule has 1 unspecified atom stereocenters. The van der Waals surface area contributed by atoms with Crippen LogP contribution in [0.1, 0.15) is 15.5 Å². The quantitative estimate of drug-likeness (QED) is 0.677. The van der Waals surface area contributed by atoms with Gasteiger partial charge in [-0.15, -0.1) is 11.3 Å². The molecular weight excluding hydrogens is 238 g/mol. The Morgan fingerprint density at radius 2 is 2.40 bits per heavy atom. The van der Waals surface area contributed by atoms with Gasteiger partial charge >= 0.3 is 5.97 Å². The number of aromatic carboxylic acids is 1. The minimum atomic E-state index is -1.02. The van der Waals surface area contributed by atoms with Crippen molar-refractivity contribution in [1.29, 1.82) is 0 Å². The van der Waals surface area contributed by atoms with E-state index >= 15 is 0 Å². The van der Waals surface area contributed by atoms with Gasteiger partial charge in [-0.3, -0.25) is 0 Å². The molecule has 0 spiro atoms. The minimum absolute atomic E-state index is 0.0771. The van der Waals surface area contributed by atoms with Gasteiger partial charge in [0.25, 0.3) is 0 Å². The van der Waals surface area contributed by atoms with E-state index in [0.29, 0.717) is 17.2 Å². The van der Waals surface area contributed by atoms with Crippen LogP contribution in [0.15, 0.2) is 5.38 Å². The lowest BCUT2D eigenvalue weighted by atomic mass is 10.4. The fourth-order valence-electron chi connectivity index (χ4n) is 0.824. The number of thioether (sulfide) groups is 1. The third kappa shape index (κ3) is 4.17. The zero-order valence-electron chi connectivity index (χ0n) is 7.79. The number of aromatic nitrogens is 1. The molecule has 0 saturated heterocycles. The number of carboxylic acid groups (broad SMARTS) is 1. The average molecular weight is 249 g/mol. The Hall–Kier alpha value is -0.630. The summed E-state index contributed by atoms with van der Waals surface area (Å²) in [5, 5.41) is 28.0. The molecule has 0 aliphatic rings. The molecule has 0 aliphatic heterocycles. The molecule has 84 valence electrons. The highest BCUT2D eigenvalue weighted by molar-refractivity contribution is 7.98. The number of rotatable bonds is 6. The number of hydrogen-bond donors (Lipinski definition) is 3. The van der Waals surface area contributed by atoms with Crippen LogP contribution < -0.4 is 0 Å². The van der Waals surface area contributed by atoms with Crippen molar-refractivity contribution in [2.75, 3.05) is 12.4 Å². The molecular formula is C8H11NO4S2. The number of carboxylic acids is 1. The summed E-state index contributed by atoms with van der Waals surface area (Å²) >= 11 is 2.49. The lowest BCUT2D eigenvalue weighted by Crippen LogP contribution is -2.14. The second-order valence-electron chi connectivity index (χ2n) is 2.80. The fraction of sp³-hybridized carbons (Fsp3) is 0.500. The van der Waals surface area contributed by atoms with Crippen LogP contribution in [0.5, 0.6) is 0 Å². The number of aliphatic hydroxyl groups is 2.